The topological polar surface area (TPSA) is 29.1 Å². The largest absolute Gasteiger partial charge is 0.347 e. The van der Waals surface area contributed by atoms with Crippen LogP contribution in [-0.4, -0.2) is 5.91 Å². The highest BCUT2D eigenvalue weighted by atomic mass is 35.5. The zero-order chi connectivity index (χ0) is 10.2. The van der Waals surface area contributed by atoms with E-state index in [1.165, 1.54) is 0 Å². The van der Waals surface area contributed by atoms with Gasteiger partial charge in [0.15, 0.2) is 0 Å². The lowest BCUT2D eigenvalue weighted by atomic mass is 9.91. The molecule has 1 aromatic carbocycles. The van der Waals surface area contributed by atoms with Crippen LogP contribution in [0.4, 0.5) is 0 Å². The number of nitrogens with one attached hydrogen (secondary N) is 1. The predicted octanol–water partition coefficient (Wildman–Crippen LogP) is 2.47. The Morgan fingerprint density at radius 3 is 2.86 bits per heavy atom. The molecular weight excluding hydrogens is 198 g/mol. The summed E-state index contributed by atoms with van der Waals surface area (Å²) in [6.07, 6.45) is 1.44. The molecule has 0 radical (unpaired) electrons. The van der Waals surface area contributed by atoms with Crippen molar-refractivity contribution in [3.63, 3.8) is 0 Å². The first kappa shape index (κ1) is 9.53. The van der Waals surface area contributed by atoms with Crippen LogP contribution >= 0.6 is 11.6 Å². The summed E-state index contributed by atoms with van der Waals surface area (Å²) < 4.78 is 0. The van der Waals surface area contributed by atoms with Gasteiger partial charge in [0.05, 0.1) is 5.54 Å². The SMILES string of the molecule is CC1(c2cccc(Cl)c2)CCC(=O)N1. The summed E-state index contributed by atoms with van der Waals surface area (Å²) in [5.74, 6) is 0.118. The predicted molar refractivity (Wildman–Crippen MR) is 56.2 cm³/mol. The minimum absolute atomic E-state index is 0.118. The lowest BCUT2D eigenvalue weighted by Gasteiger charge is -2.24. The number of hydrogen-bond acceptors (Lipinski definition) is 1. The van der Waals surface area contributed by atoms with Gasteiger partial charge in [0, 0.05) is 11.4 Å². The monoisotopic (exact) mass is 209 g/mol. The third-order valence-electron chi connectivity index (χ3n) is 2.73. The number of rotatable bonds is 1. The van der Waals surface area contributed by atoms with Crippen molar-refractivity contribution in [3.05, 3.63) is 34.9 Å². The highest BCUT2D eigenvalue weighted by Gasteiger charge is 2.34. The smallest absolute Gasteiger partial charge is 0.220 e. The first-order chi connectivity index (χ1) is 6.60. The molecule has 2 rings (SSSR count). The lowest BCUT2D eigenvalue weighted by Crippen LogP contribution is -2.35. The standard InChI is InChI=1S/C11H12ClNO/c1-11(6-5-10(14)13-11)8-3-2-4-9(12)7-8/h2-4,7H,5-6H2,1H3,(H,13,14). The molecule has 3 heteroatoms. The van der Waals surface area contributed by atoms with Crippen molar-refractivity contribution in [3.8, 4) is 0 Å². The number of amides is 1. The van der Waals surface area contributed by atoms with Gasteiger partial charge in [0.25, 0.3) is 0 Å². The molecule has 1 atom stereocenters. The molecule has 0 aliphatic carbocycles. The quantitative estimate of drug-likeness (QED) is 0.757. The highest BCUT2D eigenvalue weighted by molar-refractivity contribution is 6.30. The van der Waals surface area contributed by atoms with E-state index in [0.717, 1.165) is 12.0 Å². The van der Waals surface area contributed by atoms with Crippen LogP contribution in [-0.2, 0) is 10.3 Å². The fourth-order valence-corrected chi connectivity index (χ4v) is 2.03. The molecule has 1 unspecified atom stereocenters. The molecule has 0 saturated carbocycles. The summed E-state index contributed by atoms with van der Waals surface area (Å²) in [6.45, 7) is 2.03. The summed E-state index contributed by atoms with van der Waals surface area (Å²) in [5, 5.41) is 3.69. The highest BCUT2D eigenvalue weighted by Crippen LogP contribution is 2.31. The van der Waals surface area contributed by atoms with Gasteiger partial charge in [-0.1, -0.05) is 23.7 Å². The molecule has 1 heterocycles. The Balaban J connectivity index is 2.34. The Morgan fingerprint density at radius 2 is 2.29 bits per heavy atom. The van der Waals surface area contributed by atoms with Crippen molar-refractivity contribution >= 4 is 17.5 Å². The van der Waals surface area contributed by atoms with E-state index >= 15 is 0 Å². The van der Waals surface area contributed by atoms with Crippen molar-refractivity contribution in [2.45, 2.75) is 25.3 Å². The van der Waals surface area contributed by atoms with Crippen molar-refractivity contribution in [2.75, 3.05) is 0 Å². The van der Waals surface area contributed by atoms with E-state index in [9.17, 15) is 4.79 Å². The number of hydrogen-bond donors (Lipinski definition) is 1. The van der Waals surface area contributed by atoms with Gasteiger partial charge in [-0.3, -0.25) is 4.79 Å². The van der Waals surface area contributed by atoms with Crippen LogP contribution in [0.5, 0.6) is 0 Å². The van der Waals surface area contributed by atoms with E-state index < -0.39 is 0 Å². The van der Waals surface area contributed by atoms with E-state index in [-0.39, 0.29) is 11.4 Å². The maximum Gasteiger partial charge on any atom is 0.220 e. The van der Waals surface area contributed by atoms with Gasteiger partial charge in [-0.15, -0.1) is 0 Å². The van der Waals surface area contributed by atoms with E-state index in [1.807, 2.05) is 31.2 Å². The minimum atomic E-state index is -0.234. The van der Waals surface area contributed by atoms with Crippen LogP contribution in [0.3, 0.4) is 0 Å². The Bertz CT molecular complexity index is 377. The third kappa shape index (κ3) is 1.62. The Kier molecular flexibility index (Phi) is 2.23. The van der Waals surface area contributed by atoms with Crippen molar-refractivity contribution in [1.82, 2.24) is 5.32 Å². The van der Waals surface area contributed by atoms with Crippen LogP contribution in [0.25, 0.3) is 0 Å². The van der Waals surface area contributed by atoms with Crippen LogP contribution in [0.1, 0.15) is 25.3 Å². The Labute approximate surface area is 88.3 Å². The normalized spacial score (nSPS) is 26.3. The summed E-state index contributed by atoms with van der Waals surface area (Å²) in [6, 6.07) is 7.66. The first-order valence-electron chi connectivity index (χ1n) is 4.67. The first-order valence-corrected chi connectivity index (χ1v) is 5.05. The molecule has 1 aromatic rings. The molecule has 1 saturated heterocycles. The number of halogens is 1. The van der Waals surface area contributed by atoms with Gasteiger partial charge < -0.3 is 5.32 Å². The van der Waals surface area contributed by atoms with Gasteiger partial charge >= 0.3 is 0 Å². The molecule has 0 aromatic heterocycles. The van der Waals surface area contributed by atoms with E-state index in [2.05, 4.69) is 5.32 Å². The van der Waals surface area contributed by atoms with Crippen LogP contribution in [0, 0.1) is 0 Å². The fraction of sp³-hybridized carbons (Fsp3) is 0.364. The molecule has 1 aliphatic rings. The Hall–Kier alpha value is -1.02. The van der Waals surface area contributed by atoms with Crippen LogP contribution < -0.4 is 5.32 Å². The summed E-state index contributed by atoms with van der Waals surface area (Å²) in [5.41, 5.74) is 0.845. The van der Waals surface area contributed by atoms with Crippen molar-refractivity contribution < 1.29 is 4.79 Å². The molecule has 2 nitrogen and oxygen atoms in total. The number of carbonyl (C=O) groups is 1. The van der Waals surface area contributed by atoms with E-state index in [1.54, 1.807) is 0 Å². The maximum atomic E-state index is 11.2. The minimum Gasteiger partial charge on any atom is -0.347 e. The molecule has 74 valence electrons. The van der Waals surface area contributed by atoms with E-state index in [0.29, 0.717) is 11.4 Å². The molecule has 1 N–H and O–H groups in total. The zero-order valence-electron chi connectivity index (χ0n) is 8.01. The summed E-state index contributed by atoms with van der Waals surface area (Å²) in [4.78, 5) is 11.2. The molecule has 0 bridgehead atoms. The van der Waals surface area contributed by atoms with Crippen molar-refractivity contribution in [1.29, 1.82) is 0 Å². The molecule has 0 spiro atoms. The van der Waals surface area contributed by atoms with Gasteiger partial charge in [-0.2, -0.15) is 0 Å². The molecule has 1 aliphatic heterocycles. The number of carbonyl (C=O) groups excluding carboxylic acids is 1. The average Bonchev–Trinajstić information content (AvgIpc) is 2.48. The van der Waals surface area contributed by atoms with Gasteiger partial charge in [-0.25, -0.2) is 0 Å². The third-order valence-corrected chi connectivity index (χ3v) is 2.96. The number of benzene rings is 1. The average molecular weight is 210 g/mol. The fourth-order valence-electron chi connectivity index (χ4n) is 1.84. The van der Waals surface area contributed by atoms with Gasteiger partial charge in [0.2, 0.25) is 5.91 Å². The van der Waals surface area contributed by atoms with Gasteiger partial charge in [-0.05, 0) is 31.0 Å². The Morgan fingerprint density at radius 1 is 1.50 bits per heavy atom. The summed E-state index contributed by atoms with van der Waals surface area (Å²) in [7, 11) is 0. The van der Waals surface area contributed by atoms with E-state index in [4.69, 9.17) is 11.6 Å². The second kappa shape index (κ2) is 3.28. The summed E-state index contributed by atoms with van der Waals surface area (Å²) >= 11 is 5.91. The molecular formula is C11H12ClNO. The van der Waals surface area contributed by atoms with Crippen molar-refractivity contribution in [2.24, 2.45) is 0 Å². The lowest BCUT2D eigenvalue weighted by molar-refractivity contribution is -0.119. The second-order valence-corrected chi connectivity index (χ2v) is 4.33. The van der Waals surface area contributed by atoms with Crippen LogP contribution in [0.15, 0.2) is 24.3 Å². The molecule has 1 fully saturated rings. The molecule has 1 amide bonds. The van der Waals surface area contributed by atoms with Crippen LogP contribution in [0.2, 0.25) is 5.02 Å². The maximum absolute atomic E-state index is 11.2. The zero-order valence-corrected chi connectivity index (χ0v) is 8.77. The van der Waals surface area contributed by atoms with Gasteiger partial charge in [0.1, 0.15) is 0 Å². The molecule has 14 heavy (non-hydrogen) atoms. The second-order valence-electron chi connectivity index (χ2n) is 3.89.